The number of methoxy groups -OCH3 is 2. The van der Waals surface area contributed by atoms with Crippen LogP contribution in [0, 0.1) is 0 Å². The third-order valence-electron chi connectivity index (χ3n) is 3.17. The van der Waals surface area contributed by atoms with Gasteiger partial charge in [0.15, 0.2) is 5.65 Å². The summed E-state index contributed by atoms with van der Waals surface area (Å²) >= 11 is 0. The topological polar surface area (TPSA) is 60.7 Å². The van der Waals surface area contributed by atoms with Gasteiger partial charge in [0.1, 0.15) is 11.5 Å². The zero-order chi connectivity index (χ0) is 14.7. The first-order valence-electron chi connectivity index (χ1n) is 6.56. The van der Waals surface area contributed by atoms with Crippen molar-refractivity contribution in [3.05, 3.63) is 48.2 Å². The molecule has 6 heteroatoms. The predicted molar refractivity (Wildman–Crippen MR) is 79.9 cm³/mol. The number of rotatable bonds is 5. The van der Waals surface area contributed by atoms with Gasteiger partial charge in [-0.25, -0.2) is 4.52 Å². The van der Waals surface area contributed by atoms with Crippen LogP contribution < -0.4 is 14.8 Å². The van der Waals surface area contributed by atoms with Gasteiger partial charge in [-0.3, -0.25) is 0 Å². The largest absolute Gasteiger partial charge is 0.497 e. The van der Waals surface area contributed by atoms with E-state index in [1.807, 2.05) is 42.6 Å². The molecule has 0 bridgehead atoms. The summed E-state index contributed by atoms with van der Waals surface area (Å²) in [5.74, 6) is 2.12. The number of ether oxygens (including phenoxy) is 2. The fourth-order valence-electron chi connectivity index (χ4n) is 2.08. The van der Waals surface area contributed by atoms with Crippen LogP contribution in [-0.4, -0.2) is 28.8 Å². The van der Waals surface area contributed by atoms with Crippen molar-refractivity contribution in [1.29, 1.82) is 0 Å². The summed E-state index contributed by atoms with van der Waals surface area (Å²) in [6.07, 6.45) is 1.86. The highest BCUT2D eigenvalue weighted by molar-refractivity contribution is 5.45. The van der Waals surface area contributed by atoms with Crippen molar-refractivity contribution < 1.29 is 9.47 Å². The Labute approximate surface area is 122 Å². The van der Waals surface area contributed by atoms with Gasteiger partial charge in [0.05, 0.1) is 14.2 Å². The first-order chi connectivity index (χ1) is 10.3. The van der Waals surface area contributed by atoms with Gasteiger partial charge < -0.3 is 14.8 Å². The van der Waals surface area contributed by atoms with Crippen molar-refractivity contribution in [2.75, 3.05) is 19.5 Å². The molecule has 0 atom stereocenters. The van der Waals surface area contributed by atoms with E-state index < -0.39 is 0 Å². The molecule has 0 unspecified atom stereocenters. The van der Waals surface area contributed by atoms with E-state index in [4.69, 9.17) is 9.47 Å². The smallest absolute Gasteiger partial charge is 0.243 e. The second-order valence-electron chi connectivity index (χ2n) is 4.47. The molecule has 0 spiro atoms. The average molecular weight is 284 g/mol. The standard InChI is InChI=1S/C15H16N4O2/c1-20-12-7-6-11(13(9-12)21-2)10-16-15-17-14-5-3-4-8-19(14)18-15/h3-9H,10H2,1-2H3,(H,16,18). The lowest BCUT2D eigenvalue weighted by molar-refractivity contribution is 0.391. The van der Waals surface area contributed by atoms with Crippen molar-refractivity contribution in [1.82, 2.24) is 14.6 Å². The number of nitrogens with zero attached hydrogens (tertiary/aromatic N) is 3. The molecule has 0 aliphatic heterocycles. The van der Waals surface area contributed by atoms with Gasteiger partial charge in [0.2, 0.25) is 5.95 Å². The molecule has 0 radical (unpaired) electrons. The summed E-state index contributed by atoms with van der Waals surface area (Å²) in [6.45, 7) is 0.573. The van der Waals surface area contributed by atoms with E-state index in [-0.39, 0.29) is 0 Å². The van der Waals surface area contributed by atoms with Gasteiger partial charge in [-0.15, -0.1) is 5.10 Å². The second-order valence-corrected chi connectivity index (χ2v) is 4.47. The SMILES string of the molecule is COc1ccc(CNc2nc3ccccn3n2)c(OC)c1. The molecule has 0 saturated carbocycles. The van der Waals surface area contributed by atoms with Gasteiger partial charge in [0.25, 0.3) is 0 Å². The minimum absolute atomic E-state index is 0.573. The zero-order valence-electron chi connectivity index (χ0n) is 11.9. The minimum Gasteiger partial charge on any atom is -0.497 e. The molecule has 1 N–H and O–H groups in total. The summed E-state index contributed by atoms with van der Waals surface area (Å²) in [4.78, 5) is 4.39. The first kappa shape index (κ1) is 13.2. The maximum atomic E-state index is 5.37. The van der Waals surface area contributed by atoms with E-state index in [2.05, 4.69) is 15.4 Å². The Kier molecular flexibility index (Phi) is 3.59. The Morgan fingerprint density at radius 2 is 2.05 bits per heavy atom. The van der Waals surface area contributed by atoms with E-state index in [1.165, 1.54) is 0 Å². The van der Waals surface area contributed by atoms with E-state index >= 15 is 0 Å². The number of nitrogens with one attached hydrogen (secondary N) is 1. The summed E-state index contributed by atoms with van der Waals surface area (Å²) in [6, 6.07) is 11.5. The number of hydrogen-bond acceptors (Lipinski definition) is 5. The van der Waals surface area contributed by atoms with Gasteiger partial charge in [0, 0.05) is 24.4 Å². The summed E-state index contributed by atoms with van der Waals surface area (Å²) in [5.41, 5.74) is 1.82. The maximum absolute atomic E-state index is 5.37. The van der Waals surface area contributed by atoms with Crippen LogP contribution in [0.5, 0.6) is 11.5 Å². The number of hydrogen-bond donors (Lipinski definition) is 1. The molecule has 1 aromatic carbocycles. The second kappa shape index (κ2) is 5.70. The lowest BCUT2D eigenvalue weighted by Crippen LogP contribution is -2.03. The highest BCUT2D eigenvalue weighted by atomic mass is 16.5. The average Bonchev–Trinajstić information content (AvgIpc) is 2.95. The maximum Gasteiger partial charge on any atom is 0.243 e. The molecular weight excluding hydrogens is 268 g/mol. The predicted octanol–water partition coefficient (Wildman–Crippen LogP) is 2.36. The molecule has 108 valence electrons. The molecule has 0 saturated heterocycles. The van der Waals surface area contributed by atoms with Gasteiger partial charge in [-0.2, -0.15) is 4.98 Å². The lowest BCUT2D eigenvalue weighted by Gasteiger charge is -2.10. The number of fused-ring (bicyclic) bond motifs is 1. The number of pyridine rings is 1. The van der Waals surface area contributed by atoms with Crippen LogP contribution >= 0.6 is 0 Å². The lowest BCUT2D eigenvalue weighted by atomic mass is 10.2. The van der Waals surface area contributed by atoms with Gasteiger partial charge in [-0.05, 0) is 24.3 Å². The van der Waals surface area contributed by atoms with Crippen molar-refractivity contribution in [2.45, 2.75) is 6.54 Å². The number of aromatic nitrogens is 3. The summed E-state index contributed by atoms with van der Waals surface area (Å²) in [7, 11) is 3.27. The molecule has 3 rings (SSSR count). The molecular formula is C15H16N4O2. The van der Waals surface area contributed by atoms with E-state index in [0.29, 0.717) is 12.5 Å². The van der Waals surface area contributed by atoms with Crippen molar-refractivity contribution in [3.8, 4) is 11.5 Å². The monoisotopic (exact) mass is 284 g/mol. The van der Waals surface area contributed by atoms with Crippen LogP contribution in [0.25, 0.3) is 5.65 Å². The molecule has 21 heavy (non-hydrogen) atoms. The Hall–Kier alpha value is -2.76. The molecule has 2 aromatic heterocycles. The Morgan fingerprint density at radius 3 is 2.81 bits per heavy atom. The Balaban J connectivity index is 1.77. The number of benzene rings is 1. The van der Waals surface area contributed by atoms with E-state index in [0.717, 1.165) is 22.7 Å². The molecule has 6 nitrogen and oxygen atoms in total. The quantitative estimate of drug-likeness (QED) is 0.779. The van der Waals surface area contributed by atoms with Crippen LogP contribution in [0.2, 0.25) is 0 Å². The summed E-state index contributed by atoms with van der Waals surface area (Å²) in [5, 5.41) is 7.54. The van der Waals surface area contributed by atoms with Crippen LogP contribution in [0.3, 0.4) is 0 Å². The van der Waals surface area contributed by atoms with Crippen molar-refractivity contribution >= 4 is 11.6 Å². The highest BCUT2D eigenvalue weighted by Crippen LogP contribution is 2.25. The van der Waals surface area contributed by atoms with Crippen LogP contribution in [0.4, 0.5) is 5.95 Å². The Bertz CT molecular complexity index is 721. The Morgan fingerprint density at radius 1 is 1.14 bits per heavy atom. The molecule has 2 heterocycles. The fourth-order valence-corrected chi connectivity index (χ4v) is 2.08. The van der Waals surface area contributed by atoms with Gasteiger partial charge >= 0.3 is 0 Å². The van der Waals surface area contributed by atoms with Crippen LogP contribution in [-0.2, 0) is 6.54 Å². The third-order valence-corrected chi connectivity index (χ3v) is 3.17. The van der Waals surface area contributed by atoms with Crippen LogP contribution in [0.1, 0.15) is 5.56 Å². The summed E-state index contributed by atoms with van der Waals surface area (Å²) < 4.78 is 12.3. The fraction of sp³-hybridized carbons (Fsp3) is 0.200. The number of anilines is 1. The van der Waals surface area contributed by atoms with Crippen LogP contribution in [0.15, 0.2) is 42.6 Å². The first-order valence-corrected chi connectivity index (χ1v) is 6.56. The van der Waals surface area contributed by atoms with E-state index in [9.17, 15) is 0 Å². The van der Waals surface area contributed by atoms with E-state index in [1.54, 1.807) is 18.7 Å². The van der Waals surface area contributed by atoms with Gasteiger partial charge in [-0.1, -0.05) is 6.07 Å². The third kappa shape index (κ3) is 2.74. The molecule has 3 aromatic rings. The zero-order valence-corrected chi connectivity index (χ0v) is 11.9. The van der Waals surface area contributed by atoms with Crippen molar-refractivity contribution in [2.24, 2.45) is 0 Å². The minimum atomic E-state index is 0.573. The molecule has 0 amide bonds. The molecule has 0 aliphatic rings. The molecule has 0 fully saturated rings. The highest BCUT2D eigenvalue weighted by Gasteiger charge is 2.07. The van der Waals surface area contributed by atoms with Crippen molar-refractivity contribution in [3.63, 3.8) is 0 Å². The normalized spacial score (nSPS) is 10.6. The molecule has 0 aliphatic carbocycles.